The molecular formula is C19H16Cl2FN3O2. The molecule has 0 radical (unpaired) electrons. The van der Waals surface area contributed by atoms with Gasteiger partial charge in [0, 0.05) is 29.3 Å². The Hall–Kier alpha value is -2.57. The SMILES string of the molecule is C[C@@H](c1c[nH]c(=O)c2cc(Cl)ccc12)N(C)C(=O)Nc1ccc(F)c(Cl)c1. The maximum atomic E-state index is 13.3. The molecule has 0 saturated carbocycles. The van der Waals surface area contributed by atoms with Crippen LogP contribution in [0.4, 0.5) is 14.9 Å². The summed E-state index contributed by atoms with van der Waals surface area (Å²) in [6.45, 7) is 1.83. The van der Waals surface area contributed by atoms with Crippen LogP contribution < -0.4 is 10.9 Å². The van der Waals surface area contributed by atoms with Crippen molar-refractivity contribution in [2.75, 3.05) is 12.4 Å². The summed E-state index contributed by atoms with van der Waals surface area (Å²) in [5.74, 6) is -0.560. The van der Waals surface area contributed by atoms with Crippen molar-refractivity contribution in [1.82, 2.24) is 9.88 Å². The van der Waals surface area contributed by atoms with Crippen LogP contribution in [-0.2, 0) is 0 Å². The van der Waals surface area contributed by atoms with Gasteiger partial charge in [0.25, 0.3) is 5.56 Å². The van der Waals surface area contributed by atoms with Crippen LogP contribution in [-0.4, -0.2) is 23.0 Å². The van der Waals surface area contributed by atoms with Crippen LogP contribution in [0, 0.1) is 5.82 Å². The number of nitrogens with zero attached hydrogens (tertiary/aromatic N) is 1. The minimum atomic E-state index is -0.560. The first-order chi connectivity index (χ1) is 12.8. The lowest BCUT2D eigenvalue weighted by Crippen LogP contribution is -2.34. The predicted octanol–water partition coefficient (Wildman–Crippen LogP) is 5.20. The van der Waals surface area contributed by atoms with Gasteiger partial charge in [-0.15, -0.1) is 0 Å². The molecule has 0 fully saturated rings. The predicted molar refractivity (Wildman–Crippen MR) is 106 cm³/mol. The number of benzene rings is 2. The fourth-order valence-corrected chi connectivity index (χ4v) is 3.12. The number of amides is 2. The van der Waals surface area contributed by atoms with E-state index in [1.54, 1.807) is 31.4 Å². The number of aromatic nitrogens is 1. The summed E-state index contributed by atoms with van der Waals surface area (Å²) < 4.78 is 13.3. The first-order valence-electron chi connectivity index (χ1n) is 8.07. The molecule has 0 saturated heterocycles. The Balaban J connectivity index is 1.88. The topological polar surface area (TPSA) is 65.2 Å². The second-order valence-corrected chi connectivity index (χ2v) is 6.95. The van der Waals surface area contributed by atoms with Gasteiger partial charge in [-0.1, -0.05) is 29.3 Å². The van der Waals surface area contributed by atoms with Crippen molar-refractivity contribution < 1.29 is 9.18 Å². The van der Waals surface area contributed by atoms with Crippen LogP contribution in [0.5, 0.6) is 0 Å². The number of urea groups is 1. The van der Waals surface area contributed by atoms with E-state index in [1.807, 2.05) is 6.92 Å². The number of halogens is 3. The summed E-state index contributed by atoms with van der Waals surface area (Å²) in [6, 6.07) is 8.22. The number of fused-ring (bicyclic) bond motifs is 1. The molecule has 0 aliphatic heterocycles. The molecule has 0 aliphatic rings. The van der Waals surface area contributed by atoms with Crippen LogP contribution in [0.2, 0.25) is 10.0 Å². The molecule has 2 aromatic carbocycles. The van der Waals surface area contributed by atoms with Gasteiger partial charge in [0.1, 0.15) is 5.82 Å². The minimum absolute atomic E-state index is 0.0768. The largest absolute Gasteiger partial charge is 0.328 e. The Morgan fingerprint density at radius 1 is 1.19 bits per heavy atom. The third-order valence-electron chi connectivity index (χ3n) is 4.42. The zero-order valence-electron chi connectivity index (χ0n) is 14.5. The number of hydrogen-bond donors (Lipinski definition) is 2. The Bertz CT molecular complexity index is 1080. The Kier molecular flexibility index (Phi) is 5.39. The highest BCUT2D eigenvalue weighted by molar-refractivity contribution is 6.31. The first-order valence-corrected chi connectivity index (χ1v) is 8.83. The molecule has 27 heavy (non-hydrogen) atoms. The number of H-pyrrole nitrogens is 1. The monoisotopic (exact) mass is 407 g/mol. The van der Waals surface area contributed by atoms with E-state index in [4.69, 9.17) is 23.2 Å². The average Bonchev–Trinajstić information content (AvgIpc) is 2.64. The van der Waals surface area contributed by atoms with E-state index in [0.29, 0.717) is 21.5 Å². The standard InChI is InChI=1S/C19H16Cl2FN3O2/c1-10(15-9-23-18(26)14-7-11(20)3-5-13(14)15)25(2)19(27)24-12-4-6-17(22)16(21)8-12/h3-10H,1-2H3,(H,23,26)(H,24,27)/t10-/m0/s1. The molecular weight excluding hydrogens is 392 g/mol. The van der Waals surface area contributed by atoms with Crippen molar-refractivity contribution in [3.63, 3.8) is 0 Å². The Morgan fingerprint density at radius 2 is 1.93 bits per heavy atom. The number of carbonyl (C=O) groups is 1. The second kappa shape index (κ2) is 7.58. The van der Waals surface area contributed by atoms with Gasteiger partial charge in [0.15, 0.2) is 0 Å². The number of anilines is 1. The van der Waals surface area contributed by atoms with E-state index in [2.05, 4.69) is 10.3 Å². The van der Waals surface area contributed by atoms with Gasteiger partial charge >= 0.3 is 6.03 Å². The van der Waals surface area contributed by atoms with Crippen LogP contribution in [0.3, 0.4) is 0 Å². The zero-order valence-corrected chi connectivity index (χ0v) is 16.0. The van der Waals surface area contributed by atoms with Gasteiger partial charge in [-0.2, -0.15) is 0 Å². The highest BCUT2D eigenvalue weighted by Gasteiger charge is 2.20. The molecule has 3 aromatic rings. The second-order valence-electron chi connectivity index (χ2n) is 6.11. The van der Waals surface area contributed by atoms with Gasteiger partial charge in [-0.25, -0.2) is 9.18 Å². The smallest absolute Gasteiger partial charge is 0.322 e. The number of aromatic amines is 1. The maximum Gasteiger partial charge on any atom is 0.322 e. The van der Waals surface area contributed by atoms with Crippen molar-refractivity contribution in [3.05, 3.63) is 74.4 Å². The maximum absolute atomic E-state index is 13.3. The molecule has 0 spiro atoms. The minimum Gasteiger partial charge on any atom is -0.328 e. The number of hydrogen-bond acceptors (Lipinski definition) is 2. The molecule has 0 unspecified atom stereocenters. The fourth-order valence-electron chi connectivity index (χ4n) is 2.77. The van der Waals surface area contributed by atoms with E-state index in [9.17, 15) is 14.0 Å². The number of carbonyl (C=O) groups excluding carboxylic acids is 1. The molecule has 2 amide bonds. The van der Waals surface area contributed by atoms with Crippen molar-refractivity contribution in [3.8, 4) is 0 Å². The van der Waals surface area contributed by atoms with E-state index in [0.717, 1.165) is 5.56 Å². The third kappa shape index (κ3) is 3.91. The van der Waals surface area contributed by atoms with E-state index in [-0.39, 0.29) is 16.6 Å². The third-order valence-corrected chi connectivity index (χ3v) is 4.94. The fraction of sp³-hybridized carbons (Fsp3) is 0.158. The van der Waals surface area contributed by atoms with Crippen molar-refractivity contribution in [2.45, 2.75) is 13.0 Å². The van der Waals surface area contributed by atoms with Crippen LogP contribution in [0.15, 0.2) is 47.4 Å². The van der Waals surface area contributed by atoms with Gasteiger partial charge in [0.2, 0.25) is 0 Å². The summed E-state index contributed by atoms with van der Waals surface area (Å²) in [7, 11) is 1.62. The molecule has 1 aromatic heterocycles. The van der Waals surface area contributed by atoms with E-state index < -0.39 is 11.8 Å². The quantitative estimate of drug-likeness (QED) is 0.626. The lowest BCUT2D eigenvalue weighted by Gasteiger charge is -2.26. The normalized spacial score (nSPS) is 12.0. The average molecular weight is 408 g/mol. The lowest BCUT2D eigenvalue weighted by molar-refractivity contribution is 0.208. The van der Waals surface area contributed by atoms with E-state index >= 15 is 0 Å². The van der Waals surface area contributed by atoms with Crippen molar-refractivity contribution in [2.24, 2.45) is 0 Å². The lowest BCUT2D eigenvalue weighted by atomic mass is 10.0. The highest BCUT2D eigenvalue weighted by Crippen LogP contribution is 2.27. The Labute approximate surface area is 164 Å². The molecule has 1 heterocycles. The summed E-state index contributed by atoms with van der Waals surface area (Å²) in [5.41, 5.74) is 0.885. The van der Waals surface area contributed by atoms with Gasteiger partial charge < -0.3 is 15.2 Å². The van der Waals surface area contributed by atoms with Gasteiger partial charge in [-0.3, -0.25) is 4.79 Å². The van der Waals surface area contributed by atoms with Crippen molar-refractivity contribution in [1.29, 1.82) is 0 Å². The molecule has 3 rings (SSSR count). The summed E-state index contributed by atoms with van der Waals surface area (Å²) >= 11 is 11.7. The molecule has 1 atom stereocenters. The summed E-state index contributed by atoms with van der Waals surface area (Å²) in [5, 5.41) is 4.21. The molecule has 0 bridgehead atoms. The molecule has 0 aliphatic carbocycles. The van der Waals surface area contributed by atoms with E-state index in [1.165, 1.54) is 23.1 Å². The van der Waals surface area contributed by atoms with Crippen LogP contribution in [0.1, 0.15) is 18.5 Å². The molecule has 5 nitrogen and oxygen atoms in total. The summed E-state index contributed by atoms with van der Waals surface area (Å²) in [4.78, 5) is 28.8. The molecule has 2 N–H and O–H groups in total. The molecule has 140 valence electrons. The summed E-state index contributed by atoms with van der Waals surface area (Å²) in [6.07, 6.45) is 1.59. The van der Waals surface area contributed by atoms with Crippen molar-refractivity contribution >= 4 is 45.7 Å². The van der Waals surface area contributed by atoms with Gasteiger partial charge in [-0.05, 0) is 48.2 Å². The number of pyridine rings is 1. The number of rotatable bonds is 3. The zero-order chi connectivity index (χ0) is 19.7. The highest BCUT2D eigenvalue weighted by atomic mass is 35.5. The first kappa shape index (κ1) is 19.2. The van der Waals surface area contributed by atoms with Crippen LogP contribution >= 0.6 is 23.2 Å². The number of nitrogens with one attached hydrogen (secondary N) is 2. The van der Waals surface area contributed by atoms with Gasteiger partial charge in [0.05, 0.1) is 11.1 Å². The van der Waals surface area contributed by atoms with Crippen LogP contribution in [0.25, 0.3) is 10.8 Å². The Morgan fingerprint density at radius 3 is 2.63 bits per heavy atom. The molecule has 8 heteroatoms.